The zero-order valence-corrected chi connectivity index (χ0v) is 11.6. The Balaban J connectivity index is 2.10. The molecule has 3 heteroatoms. The van der Waals surface area contributed by atoms with Crippen LogP contribution in [0.5, 0.6) is 0 Å². The van der Waals surface area contributed by atoms with Crippen molar-refractivity contribution in [2.75, 3.05) is 6.54 Å². The Morgan fingerprint density at radius 3 is 2.41 bits per heavy atom. The smallest absolute Gasteiger partial charge is 0.221 e. The molecule has 0 radical (unpaired) electrons. The van der Waals surface area contributed by atoms with Gasteiger partial charge in [-0.3, -0.25) is 4.79 Å². The lowest BCUT2D eigenvalue weighted by Crippen LogP contribution is -2.39. The summed E-state index contributed by atoms with van der Waals surface area (Å²) >= 11 is 0. The Morgan fingerprint density at radius 1 is 1.24 bits per heavy atom. The molecule has 0 spiro atoms. The molecule has 1 fully saturated rings. The van der Waals surface area contributed by atoms with E-state index in [1.165, 1.54) is 32.1 Å². The lowest BCUT2D eigenvalue weighted by molar-refractivity contribution is -0.122. The number of hydrogen-bond donors (Lipinski definition) is 2. The van der Waals surface area contributed by atoms with Gasteiger partial charge in [0.25, 0.3) is 0 Å². The first-order valence-electron chi connectivity index (χ1n) is 7.14. The van der Waals surface area contributed by atoms with Crippen molar-refractivity contribution < 1.29 is 4.79 Å². The Hall–Kier alpha value is -0.570. The molecule has 1 rings (SSSR count). The molecule has 100 valence electrons. The van der Waals surface area contributed by atoms with Gasteiger partial charge < -0.3 is 10.6 Å². The number of hydrogen-bond acceptors (Lipinski definition) is 2. The van der Waals surface area contributed by atoms with E-state index >= 15 is 0 Å². The number of carbonyl (C=O) groups excluding carboxylic acids is 1. The second-order valence-corrected chi connectivity index (χ2v) is 5.55. The maximum absolute atomic E-state index is 11.7. The van der Waals surface area contributed by atoms with E-state index in [1.807, 2.05) is 0 Å². The Bertz CT molecular complexity index is 220. The average Bonchev–Trinajstić information content (AvgIpc) is 2.29. The van der Waals surface area contributed by atoms with Crippen LogP contribution in [0.15, 0.2) is 0 Å². The molecule has 0 atom stereocenters. The standard InChI is InChI=1S/C14H28N2O/c1-4-12-5-7-13(8-6-12)16-14(17)9-10-15-11(2)3/h11-13,15H,4-10H2,1-3H3,(H,16,17). The van der Waals surface area contributed by atoms with Crippen LogP contribution in [-0.2, 0) is 4.79 Å². The third kappa shape index (κ3) is 6.06. The van der Waals surface area contributed by atoms with Crippen LogP contribution >= 0.6 is 0 Å². The van der Waals surface area contributed by atoms with Gasteiger partial charge in [0.05, 0.1) is 0 Å². The van der Waals surface area contributed by atoms with Crippen LogP contribution in [0.4, 0.5) is 0 Å². The largest absolute Gasteiger partial charge is 0.353 e. The van der Waals surface area contributed by atoms with Crippen molar-refractivity contribution in [2.45, 2.75) is 71.4 Å². The Labute approximate surface area is 106 Å². The summed E-state index contributed by atoms with van der Waals surface area (Å²) in [7, 11) is 0. The molecule has 1 saturated carbocycles. The van der Waals surface area contributed by atoms with Crippen molar-refractivity contribution in [3.63, 3.8) is 0 Å². The molecule has 1 aliphatic rings. The Morgan fingerprint density at radius 2 is 1.88 bits per heavy atom. The molecular weight excluding hydrogens is 212 g/mol. The van der Waals surface area contributed by atoms with Crippen LogP contribution in [-0.4, -0.2) is 24.5 Å². The molecule has 1 aliphatic carbocycles. The van der Waals surface area contributed by atoms with Gasteiger partial charge in [0.1, 0.15) is 0 Å². The predicted molar refractivity (Wildman–Crippen MR) is 71.9 cm³/mol. The molecule has 0 heterocycles. The number of rotatable bonds is 6. The fraction of sp³-hybridized carbons (Fsp3) is 0.929. The quantitative estimate of drug-likeness (QED) is 0.749. The molecule has 0 saturated heterocycles. The Kier molecular flexibility index (Phi) is 6.56. The zero-order chi connectivity index (χ0) is 12.7. The SMILES string of the molecule is CCC1CCC(NC(=O)CCNC(C)C)CC1. The van der Waals surface area contributed by atoms with Crippen molar-refractivity contribution in [1.29, 1.82) is 0 Å². The third-order valence-electron chi connectivity index (χ3n) is 3.69. The zero-order valence-electron chi connectivity index (χ0n) is 11.6. The summed E-state index contributed by atoms with van der Waals surface area (Å²) in [5.74, 6) is 1.10. The van der Waals surface area contributed by atoms with Crippen LogP contribution in [0.25, 0.3) is 0 Å². The van der Waals surface area contributed by atoms with Crippen molar-refractivity contribution in [2.24, 2.45) is 5.92 Å². The molecule has 0 bridgehead atoms. The van der Waals surface area contributed by atoms with Gasteiger partial charge in [-0.2, -0.15) is 0 Å². The van der Waals surface area contributed by atoms with Crippen molar-refractivity contribution in [3.8, 4) is 0 Å². The molecule has 0 aromatic carbocycles. The summed E-state index contributed by atoms with van der Waals surface area (Å²) < 4.78 is 0. The minimum Gasteiger partial charge on any atom is -0.353 e. The number of amides is 1. The van der Waals surface area contributed by atoms with Gasteiger partial charge in [-0.25, -0.2) is 0 Å². The topological polar surface area (TPSA) is 41.1 Å². The predicted octanol–water partition coefficient (Wildman–Crippen LogP) is 2.46. The van der Waals surface area contributed by atoms with Crippen LogP contribution in [0.1, 0.15) is 59.3 Å². The molecule has 0 aromatic rings. The third-order valence-corrected chi connectivity index (χ3v) is 3.69. The molecule has 3 nitrogen and oxygen atoms in total. The van der Waals surface area contributed by atoms with Crippen LogP contribution < -0.4 is 10.6 Å². The lowest BCUT2D eigenvalue weighted by Gasteiger charge is -2.28. The molecule has 0 unspecified atom stereocenters. The first-order valence-corrected chi connectivity index (χ1v) is 7.14. The summed E-state index contributed by atoms with van der Waals surface area (Å²) in [6.07, 6.45) is 6.80. The van der Waals surface area contributed by atoms with E-state index in [-0.39, 0.29) is 5.91 Å². The summed E-state index contributed by atoms with van der Waals surface area (Å²) in [6, 6.07) is 0.896. The van der Waals surface area contributed by atoms with E-state index in [2.05, 4.69) is 31.4 Å². The van der Waals surface area contributed by atoms with E-state index in [9.17, 15) is 4.79 Å². The van der Waals surface area contributed by atoms with Gasteiger partial charge in [0, 0.05) is 25.0 Å². The number of nitrogens with one attached hydrogen (secondary N) is 2. The van der Waals surface area contributed by atoms with E-state index < -0.39 is 0 Å². The van der Waals surface area contributed by atoms with Gasteiger partial charge in [0.15, 0.2) is 0 Å². The van der Waals surface area contributed by atoms with Crippen molar-refractivity contribution >= 4 is 5.91 Å². The first kappa shape index (κ1) is 14.5. The second-order valence-electron chi connectivity index (χ2n) is 5.55. The van der Waals surface area contributed by atoms with Gasteiger partial charge >= 0.3 is 0 Å². The van der Waals surface area contributed by atoms with E-state index in [0.717, 1.165) is 12.5 Å². The highest BCUT2D eigenvalue weighted by atomic mass is 16.1. The molecule has 17 heavy (non-hydrogen) atoms. The fourth-order valence-electron chi connectivity index (χ4n) is 2.49. The number of carbonyl (C=O) groups is 1. The van der Waals surface area contributed by atoms with Gasteiger partial charge in [-0.05, 0) is 31.6 Å². The molecule has 2 N–H and O–H groups in total. The van der Waals surface area contributed by atoms with E-state index in [4.69, 9.17) is 0 Å². The van der Waals surface area contributed by atoms with Gasteiger partial charge in [0.2, 0.25) is 5.91 Å². The maximum Gasteiger partial charge on any atom is 0.221 e. The summed E-state index contributed by atoms with van der Waals surface area (Å²) in [4.78, 5) is 11.7. The molecule has 0 aliphatic heterocycles. The van der Waals surface area contributed by atoms with Gasteiger partial charge in [-0.15, -0.1) is 0 Å². The van der Waals surface area contributed by atoms with Crippen LogP contribution in [0.3, 0.4) is 0 Å². The lowest BCUT2D eigenvalue weighted by atomic mass is 9.84. The second kappa shape index (κ2) is 7.70. The van der Waals surface area contributed by atoms with Gasteiger partial charge in [-0.1, -0.05) is 27.2 Å². The maximum atomic E-state index is 11.7. The summed E-state index contributed by atoms with van der Waals surface area (Å²) in [5.41, 5.74) is 0. The molecule has 1 amide bonds. The highest BCUT2D eigenvalue weighted by molar-refractivity contribution is 5.76. The van der Waals surface area contributed by atoms with Crippen molar-refractivity contribution in [1.82, 2.24) is 10.6 Å². The highest BCUT2D eigenvalue weighted by Gasteiger charge is 2.20. The minimum atomic E-state index is 0.207. The highest BCUT2D eigenvalue weighted by Crippen LogP contribution is 2.26. The summed E-state index contributed by atoms with van der Waals surface area (Å²) in [6.45, 7) is 7.25. The van der Waals surface area contributed by atoms with Crippen LogP contribution in [0.2, 0.25) is 0 Å². The average molecular weight is 240 g/mol. The minimum absolute atomic E-state index is 0.207. The fourth-order valence-corrected chi connectivity index (χ4v) is 2.49. The molecule has 0 aromatic heterocycles. The van der Waals surface area contributed by atoms with Crippen molar-refractivity contribution in [3.05, 3.63) is 0 Å². The first-order chi connectivity index (χ1) is 8.11. The van der Waals surface area contributed by atoms with E-state index in [1.54, 1.807) is 0 Å². The van der Waals surface area contributed by atoms with Crippen LogP contribution in [0, 0.1) is 5.92 Å². The van der Waals surface area contributed by atoms with E-state index in [0.29, 0.717) is 18.5 Å². The monoisotopic (exact) mass is 240 g/mol. The normalized spacial score (nSPS) is 24.9. The summed E-state index contributed by atoms with van der Waals surface area (Å²) in [5, 5.41) is 6.43. The molecular formula is C14H28N2O.